The second kappa shape index (κ2) is 11.8. The fraction of sp³-hybridized carbons (Fsp3) is 0.429. The quantitative estimate of drug-likeness (QED) is 0.368. The topological polar surface area (TPSA) is 58.5 Å². The van der Waals surface area contributed by atoms with Gasteiger partial charge in [-0.15, -0.1) is 24.0 Å². The molecule has 2 N–H and O–H groups in total. The van der Waals surface area contributed by atoms with Crippen LogP contribution in [0.15, 0.2) is 53.7 Å². The van der Waals surface area contributed by atoms with E-state index in [4.69, 9.17) is 4.74 Å². The van der Waals surface area contributed by atoms with Crippen LogP contribution in [0.2, 0.25) is 0 Å². The van der Waals surface area contributed by atoms with Crippen molar-refractivity contribution in [3.05, 3.63) is 59.9 Å². The van der Waals surface area contributed by atoms with Crippen molar-refractivity contribution in [3.63, 3.8) is 0 Å². The maximum atomic E-state index is 5.78. The van der Waals surface area contributed by atoms with Crippen LogP contribution >= 0.6 is 24.0 Å². The number of rotatable bonds is 6. The van der Waals surface area contributed by atoms with Gasteiger partial charge in [0.15, 0.2) is 5.96 Å². The molecule has 2 aromatic rings. The first-order chi connectivity index (χ1) is 12.8. The summed E-state index contributed by atoms with van der Waals surface area (Å²) in [7, 11) is 1.83. The van der Waals surface area contributed by atoms with Crippen molar-refractivity contribution in [1.29, 1.82) is 0 Å². The van der Waals surface area contributed by atoms with Gasteiger partial charge >= 0.3 is 0 Å². The molecule has 0 radical (unpaired) electrons. The van der Waals surface area contributed by atoms with Crippen LogP contribution < -0.4 is 15.4 Å². The minimum atomic E-state index is 0. The lowest BCUT2D eigenvalue weighted by Gasteiger charge is -2.24. The Morgan fingerprint density at radius 2 is 1.89 bits per heavy atom. The first-order valence-electron chi connectivity index (χ1n) is 9.42. The predicted octanol–water partition coefficient (Wildman–Crippen LogP) is 4.28. The third kappa shape index (κ3) is 7.36. The number of pyridine rings is 1. The summed E-state index contributed by atoms with van der Waals surface area (Å²) in [5.74, 6) is 1.73. The largest absolute Gasteiger partial charge is 0.487 e. The molecule has 0 aliphatic heterocycles. The molecule has 0 bridgehead atoms. The Morgan fingerprint density at radius 3 is 2.56 bits per heavy atom. The molecule has 3 rings (SSSR count). The highest BCUT2D eigenvalue weighted by molar-refractivity contribution is 14.0. The number of nitrogens with one attached hydrogen (secondary N) is 2. The number of aromatic nitrogens is 1. The molecular formula is C21H29IN4O. The normalized spacial score (nSPS) is 14.9. The number of guanidine groups is 1. The standard InChI is InChI=1S/C21H28N4O.HI/c1-22-21(25-18-7-3-2-4-8-18)24-15-17-10-12-20(13-11-17)26-16-19-9-5-6-14-23-19;/h5-6,9-14,18H,2-4,7-8,15-16H2,1H3,(H2,22,24,25);1H. The summed E-state index contributed by atoms with van der Waals surface area (Å²) in [6.07, 6.45) is 8.25. The zero-order chi connectivity index (χ0) is 18.0. The Morgan fingerprint density at radius 1 is 1.11 bits per heavy atom. The summed E-state index contributed by atoms with van der Waals surface area (Å²) in [5, 5.41) is 6.93. The highest BCUT2D eigenvalue weighted by atomic mass is 127. The van der Waals surface area contributed by atoms with E-state index in [1.54, 1.807) is 6.20 Å². The van der Waals surface area contributed by atoms with Gasteiger partial charge in [0, 0.05) is 25.8 Å². The molecule has 1 saturated carbocycles. The predicted molar refractivity (Wildman–Crippen MR) is 121 cm³/mol. The van der Waals surface area contributed by atoms with Crippen molar-refractivity contribution < 1.29 is 4.74 Å². The van der Waals surface area contributed by atoms with Gasteiger partial charge in [0.05, 0.1) is 5.69 Å². The minimum absolute atomic E-state index is 0. The van der Waals surface area contributed by atoms with Crippen molar-refractivity contribution in [2.75, 3.05) is 7.05 Å². The summed E-state index contributed by atoms with van der Waals surface area (Å²) in [6, 6.07) is 14.5. The van der Waals surface area contributed by atoms with Gasteiger partial charge in [-0.25, -0.2) is 0 Å². The molecular weight excluding hydrogens is 451 g/mol. The van der Waals surface area contributed by atoms with Crippen LogP contribution in [0.1, 0.15) is 43.4 Å². The third-order valence-corrected chi connectivity index (χ3v) is 4.67. The lowest BCUT2D eigenvalue weighted by atomic mass is 9.96. The van der Waals surface area contributed by atoms with Crippen LogP contribution in [0.25, 0.3) is 0 Å². The van der Waals surface area contributed by atoms with Crippen molar-refractivity contribution in [2.24, 2.45) is 4.99 Å². The van der Waals surface area contributed by atoms with Crippen LogP contribution in [-0.2, 0) is 13.2 Å². The summed E-state index contributed by atoms with van der Waals surface area (Å²) in [4.78, 5) is 8.60. The zero-order valence-corrected chi connectivity index (χ0v) is 18.2. The van der Waals surface area contributed by atoms with Crippen molar-refractivity contribution in [2.45, 2.75) is 51.3 Å². The van der Waals surface area contributed by atoms with E-state index >= 15 is 0 Å². The molecule has 0 spiro atoms. The molecule has 27 heavy (non-hydrogen) atoms. The molecule has 6 heteroatoms. The van der Waals surface area contributed by atoms with Crippen LogP contribution in [-0.4, -0.2) is 24.0 Å². The van der Waals surface area contributed by atoms with Crippen LogP contribution in [0.4, 0.5) is 0 Å². The average Bonchev–Trinajstić information content (AvgIpc) is 2.72. The van der Waals surface area contributed by atoms with Gasteiger partial charge < -0.3 is 15.4 Å². The van der Waals surface area contributed by atoms with E-state index in [1.807, 2.05) is 37.4 Å². The van der Waals surface area contributed by atoms with E-state index in [1.165, 1.54) is 37.7 Å². The minimum Gasteiger partial charge on any atom is -0.487 e. The van der Waals surface area contributed by atoms with E-state index in [-0.39, 0.29) is 24.0 Å². The monoisotopic (exact) mass is 480 g/mol. The van der Waals surface area contributed by atoms with Crippen molar-refractivity contribution >= 4 is 29.9 Å². The van der Waals surface area contributed by atoms with Gasteiger partial charge in [-0.1, -0.05) is 37.5 Å². The zero-order valence-electron chi connectivity index (χ0n) is 15.9. The van der Waals surface area contributed by atoms with Gasteiger partial charge in [-0.2, -0.15) is 0 Å². The highest BCUT2D eigenvalue weighted by Crippen LogP contribution is 2.17. The molecule has 1 fully saturated rings. The second-order valence-corrected chi connectivity index (χ2v) is 6.66. The Bertz CT molecular complexity index is 685. The number of aliphatic imine (C=N–C) groups is 1. The lowest BCUT2D eigenvalue weighted by molar-refractivity contribution is 0.301. The SMILES string of the molecule is CN=C(NCc1ccc(OCc2ccccn2)cc1)NC1CCCCC1.I. The Labute approximate surface area is 179 Å². The summed E-state index contributed by atoms with van der Waals surface area (Å²) in [5.41, 5.74) is 2.12. The summed E-state index contributed by atoms with van der Waals surface area (Å²) < 4.78 is 5.78. The molecule has 1 aliphatic rings. The first-order valence-corrected chi connectivity index (χ1v) is 9.42. The molecule has 0 atom stereocenters. The summed E-state index contributed by atoms with van der Waals surface area (Å²) in [6.45, 7) is 1.23. The van der Waals surface area contributed by atoms with Gasteiger partial charge in [-0.3, -0.25) is 9.98 Å². The van der Waals surface area contributed by atoms with Crippen molar-refractivity contribution in [3.8, 4) is 5.75 Å². The van der Waals surface area contributed by atoms with E-state index in [0.29, 0.717) is 12.6 Å². The number of halogens is 1. The van der Waals surface area contributed by atoms with Gasteiger partial charge in [-0.05, 0) is 42.7 Å². The molecule has 1 aromatic heterocycles. The van der Waals surface area contributed by atoms with E-state index in [9.17, 15) is 0 Å². The molecule has 0 amide bonds. The number of hydrogen-bond acceptors (Lipinski definition) is 3. The maximum Gasteiger partial charge on any atom is 0.191 e. The molecule has 0 unspecified atom stereocenters. The Balaban J connectivity index is 0.00000261. The van der Waals surface area contributed by atoms with E-state index < -0.39 is 0 Å². The fourth-order valence-corrected chi connectivity index (χ4v) is 3.17. The molecule has 5 nitrogen and oxygen atoms in total. The van der Waals surface area contributed by atoms with Gasteiger partial charge in [0.25, 0.3) is 0 Å². The van der Waals surface area contributed by atoms with Crippen molar-refractivity contribution in [1.82, 2.24) is 15.6 Å². The number of nitrogens with zero attached hydrogens (tertiary/aromatic N) is 2. The van der Waals surface area contributed by atoms with Gasteiger partial charge in [0.2, 0.25) is 0 Å². The summed E-state index contributed by atoms with van der Waals surface area (Å²) >= 11 is 0. The number of ether oxygens (including phenoxy) is 1. The maximum absolute atomic E-state index is 5.78. The number of benzene rings is 1. The molecule has 0 saturated heterocycles. The molecule has 146 valence electrons. The molecule has 1 heterocycles. The van der Waals surface area contributed by atoms with Crippen LogP contribution in [0.3, 0.4) is 0 Å². The van der Waals surface area contributed by atoms with E-state index in [0.717, 1.165) is 23.9 Å². The van der Waals surface area contributed by atoms with Crippen LogP contribution in [0, 0.1) is 0 Å². The van der Waals surface area contributed by atoms with Crippen LogP contribution in [0.5, 0.6) is 5.75 Å². The fourth-order valence-electron chi connectivity index (χ4n) is 3.17. The Hall–Kier alpha value is -1.83. The Kier molecular flexibility index (Phi) is 9.38. The first kappa shape index (κ1) is 21.5. The lowest BCUT2D eigenvalue weighted by Crippen LogP contribution is -2.43. The average molecular weight is 480 g/mol. The number of hydrogen-bond donors (Lipinski definition) is 2. The third-order valence-electron chi connectivity index (χ3n) is 4.67. The van der Waals surface area contributed by atoms with Gasteiger partial charge in [0.1, 0.15) is 12.4 Å². The smallest absolute Gasteiger partial charge is 0.191 e. The molecule has 1 aliphatic carbocycles. The highest BCUT2D eigenvalue weighted by Gasteiger charge is 2.14. The second-order valence-electron chi connectivity index (χ2n) is 6.66. The van der Waals surface area contributed by atoms with E-state index in [2.05, 4.69) is 32.7 Å². The molecule has 1 aromatic carbocycles.